The van der Waals surface area contributed by atoms with Crippen molar-refractivity contribution in [2.75, 3.05) is 0 Å². The Morgan fingerprint density at radius 2 is 1.39 bits per heavy atom. The van der Waals surface area contributed by atoms with E-state index in [0.29, 0.717) is 9.52 Å². The Hall–Kier alpha value is -1.39. The highest BCUT2D eigenvalue weighted by molar-refractivity contribution is 14.1. The van der Waals surface area contributed by atoms with E-state index in [1.165, 1.54) is 30.6 Å². The molecule has 0 N–H and O–H groups in total. The Bertz CT molecular complexity index is 699. The fraction of sp³-hybridized carbons (Fsp3) is 0.143. The van der Waals surface area contributed by atoms with Gasteiger partial charge in [0.15, 0.2) is 0 Å². The predicted molar refractivity (Wildman–Crippen MR) is 112 cm³/mol. The average Bonchev–Trinajstić information content (AvgIpc) is 2.55. The van der Waals surface area contributed by atoms with E-state index in [1.807, 2.05) is 18.2 Å². The van der Waals surface area contributed by atoms with Gasteiger partial charge in [-0.3, -0.25) is 0 Å². The molecule has 0 spiro atoms. The van der Waals surface area contributed by atoms with Gasteiger partial charge in [-0.05, 0) is 70.7 Å². The van der Waals surface area contributed by atoms with Crippen molar-refractivity contribution >= 4 is 42.5 Å². The van der Waals surface area contributed by atoms with Crippen LogP contribution in [0.15, 0.2) is 74.4 Å². The molecule has 0 aliphatic carbocycles. The molecule has 2 aromatic rings. The van der Waals surface area contributed by atoms with Crippen LogP contribution in [0.3, 0.4) is 0 Å². The third kappa shape index (κ3) is 4.79. The largest absolute Gasteiger partial charge is 0.121 e. The first-order valence-electron chi connectivity index (χ1n) is 7.68. The summed E-state index contributed by atoms with van der Waals surface area (Å²) >= 11 is 2.35. The van der Waals surface area contributed by atoms with Crippen LogP contribution < -0.4 is 10.4 Å². The summed E-state index contributed by atoms with van der Waals surface area (Å²) < 4.78 is 1.27. The first-order chi connectivity index (χ1) is 11.2. The lowest BCUT2D eigenvalue weighted by Crippen LogP contribution is -2.31. The normalized spacial score (nSPS) is 10.3. The van der Waals surface area contributed by atoms with Crippen molar-refractivity contribution in [1.82, 2.24) is 0 Å². The van der Waals surface area contributed by atoms with Gasteiger partial charge >= 0.3 is 0 Å². The summed E-state index contributed by atoms with van der Waals surface area (Å²) in [5.74, 6) is 0. The fourth-order valence-corrected chi connectivity index (χ4v) is 4.24. The Kier molecular flexibility index (Phi) is 7.05. The first kappa shape index (κ1) is 18.0. The summed E-state index contributed by atoms with van der Waals surface area (Å²) in [5, 5.41) is 2.78. The number of halogens is 1. The molecule has 0 saturated carbocycles. The van der Waals surface area contributed by atoms with E-state index in [1.54, 1.807) is 0 Å². The second kappa shape index (κ2) is 9.04. The molecule has 2 heteroatoms. The number of hydrogen-bond donors (Lipinski definition) is 0. The lowest BCUT2D eigenvalue weighted by atomic mass is 9.94. The van der Waals surface area contributed by atoms with Gasteiger partial charge in [0.05, 0.1) is 0 Å². The number of benzene rings is 2. The Morgan fingerprint density at radius 1 is 0.783 bits per heavy atom. The van der Waals surface area contributed by atoms with Crippen molar-refractivity contribution in [2.45, 2.75) is 19.3 Å². The molecule has 2 radical (unpaired) electrons. The van der Waals surface area contributed by atoms with Crippen molar-refractivity contribution in [3.63, 3.8) is 0 Å². The zero-order valence-corrected chi connectivity index (χ0v) is 16.5. The molecular weight excluding hydrogens is 407 g/mol. The van der Waals surface area contributed by atoms with Gasteiger partial charge < -0.3 is 0 Å². The van der Waals surface area contributed by atoms with E-state index in [4.69, 9.17) is 0 Å². The third-order valence-electron chi connectivity index (χ3n) is 3.71. The van der Waals surface area contributed by atoms with Crippen molar-refractivity contribution in [2.24, 2.45) is 0 Å². The van der Waals surface area contributed by atoms with E-state index >= 15 is 0 Å². The minimum Gasteiger partial charge on any atom is -0.103 e. The quantitative estimate of drug-likeness (QED) is 0.337. The van der Waals surface area contributed by atoms with Gasteiger partial charge in [0, 0.05) is 3.57 Å². The standard InChI is InChI=1S/C21H21ISi/c1-4-7-16-10-15-21(20(9-6-3)19(16)8-5-2)23-18-13-11-17(22)12-14-18/h4-6,10-15H,1-3,7-9H2. The van der Waals surface area contributed by atoms with Gasteiger partial charge in [0.25, 0.3) is 0 Å². The van der Waals surface area contributed by atoms with Crippen molar-refractivity contribution < 1.29 is 0 Å². The van der Waals surface area contributed by atoms with E-state index in [2.05, 4.69) is 78.7 Å². The minimum absolute atomic E-state index is 0.670. The average molecular weight is 428 g/mol. The second-order valence-corrected chi connectivity index (χ2v) is 7.95. The van der Waals surface area contributed by atoms with Crippen LogP contribution in [-0.4, -0.2) is 9.52 Å². The van der Waals surface area contributed by atoms with Crippen LogP contribution in [0.5, 0.6) is 0 Å². The van der Waals surface area contributed by atoms with Crippen LogP contribution in [0.25, 0.3) is 0 Å². The molecule has 0 saturated heterocycles. The smallest absolute Gasteiger partial charge is 0.103 e. The fourth-order valence-electron chi connectivity index (χ4n) is 2.67. The highest BCUT2D eigenvalue weighted by Crippen LogP contribution is 2.17. The predicted octanol–water partition coefficient (Wildman–Crippen LogP) is 4.13. The molecule has 0 atom stereocenters. The number of rotatable bonds is 8. The maximum absolute atomic E-state index is 3.95. The third-order valence-corrected chi connectivity index (χ3v) is 5.79. The van der Waals surface area contributed by atoms with Gasteiger partial charge in [-0.25, -0.2) is 0 Å². The van der Waals surface area contributed by atoms with Gasteiger partial charge in [-0.15, -0.1) is 19.7 Å². The topological polar surface area (TPSA) is 0 Å². The molecular formula is C21H21ISi. The monoisotopic (exact) mass is 428 g/mol. The first-order valence-corrected chi connectivity index (χ1v) is 9.76. The Balaban J connectivity index is 2.46. The van der Waals surface area contributed by atoms with Crippen LogP contribution in [-0.2, 0) is 19.3 Å². The molecule has 0 aliphatic heterocycles. The van der Waals surface area contributed by atoms with Crippen LogP contribution in [0.4, 0.5) is 0 Å². The molecule has 0 fully saturated rings. The number of hydrogen-bond acceptors (Lipinski definition) is 0. The summed E-state index contributed by atoms with van der Waals surface area (Å²) in [6, 6.07) is 13.3. The van der Waals surface area contributed by atoms with Gasteiger partial charge in [-0.1, -0.05) is 52.9 Å². The molecule has 0 heterocycles. The van der Waals surface area contributed by atoms with Crippen molar-refractivity contribution in [3.05, 3.63) is 94.6 Å². The van der Waals surface area contributed by atoms with Crippen LogP contribution >= 0.6 is 22.6 Å². The van der Waals surface area contributed by atoms with E-state index < -0.39 is 0 Å². The Labute approximate surface area is 156 Å². The highest BCUT2D eigenvalue weighted by atomic mass is 127. The summed E-state index contributed by atoms with van der Waals surface area (Å²) in [7, 11) is 0.670. The van der Waals surface area contributed by atoms with Gasteiger partial charge in [-0.2, -0.15) is 0 Å². The maximum atomic E-state index is 3.95. The van der Waals surface area contributed by atoms with E-state index in [-0.39, 0.29) is 0 Å². The number of allylic oxidation sites excluding steroid dienone is 3. The minimum atomic E-state index is 0.670. The summed E-state index contributed by atoms with van der Waals surface area (Å²) in [6.07, 6.45) is 8.67. The Morgan fingerprint density at radius 3 is 2.00 bits per heavy atom. The maximum Gasteiger partial charge on any atom is 0.121 e. The molecule has 116 valence electrons. The van der Waals surface area contributed by atoms with Gasteiger partial charge in [0.2, 0.25) is 0 Å². The molecule has 0 bridgehead atoms. The van der Waals surface area contributed by atoms with E-state index in [0.717, 1.165) is 19.3 Å². The lowest BCUT2D eigenvalue weighted by molar-refractivity contribution is 1.10. The molecule has 23 heavy (non-hydrogen) atoms. The van der Waals surface area contributed by atoms with Crippen LogP contribution in [0, 0.1) is 3.57 Å². The molecule has 2 aromatic carbocycles. The highest BCUT2D eigenvalue weighted by Gasteiger charge is 2.12. The van der Waals surface area contributed by atoms with Gasteiger partial charge in [0.1, 0.15) is 9.52 Å². The summed E-state index contributed by atoms with van der Waals surface area (Å²) in [4.78, 5) is 0. The second-order valence-electron chi connectivity index (χ2n) is 5.34. The lowest BCUT2D eigenvalue weighted by Gasteiger charge is -2.17. The summed E-state index contributed by atoms with van der Waals surface area (Å²) in [6.45, 7) is 11.8. The summed E-state index contributed by atoms with van der Waals surface area (Å²) in [5.41, 5.74) is 4.17. The molecule has 0 nitrogen and oxygen atoms in total. The molecule has 0 unspecified atom stereocenters. The molecule has 0 amide bonds. The van der Waals surface area contributed by atoms with Crippen molar-refractivity contribution in [1.29, 1.82) is 0 Å². The molecule has 0 aromatic heterocycles. The molecule has 0 aliphatic rings. The van der Waals surface area contributed by atoms with Crippen molar-refractivity contribution in [3.8, 4) is 0 Å². The zero-order chi connectivity index (χ0) is 16.7. The SMILES string of the molecule is C=CCc1ccc([Si]c2ccc(I)cc2)c(CC=C)c1CC=C. The van der Waals surface area contributed by atoms with E-state index in [9.17, 15) is 0 Å². The zero-order valence-electron chi connectivity index (χ0n) is 13.3. The van der Waals surface area contributed by atoms with Crippen LogP contribution in [0.1, 0.15) is 16.7 Å². The van der Waals surface area contributed by atoms with Crippen LogP contribution in [0.2, 0.25) is 0 Å². The molecule has 2 rings (SSSR count).